The summed E-state index contributed by atoms with van der Waals surface area (Å²) in [5.74, 6) is 1.80. The number of benzene rings is 2. The van der Waals surface area contributed by atoms with Crippen molar-refractivity contribution in [3.8, 4) is 17.2 Å². The Morgan fingerprint density at radius 2 is 1.82 bits per heavy atom. The number of nitrogens with zero attached hydrogens (tertiary/aromatic N) is 5. The molecule has 224 valence electrons. The van der Waals surface area contributed by atoms with E-state index in [0.29, 0.717) is 34.3 Å². The van der Waals surface area contributed by atoms with Gasteiger partial charge in [-0.1, -0.05) is 6.58 Å². The van der Waals surface area contributed by atoms with Crippen LogP contribution in [0.4, 0.5) is 16.0 Å². The molecular weight excluding hydrogens is 563 g/mol. The minimum Gasteiger partial charge on any atom is -0.489 e. The molecule has 1 aliphatic heterocycles. The van der Waals surface area contributed by atoms with E-state index in [1.54, 1.807) is 54.5 Å². The molecule has 2 aliphatic rings. The lowest BCUT2D eigenvalue weighted by Crippen LogP contribution is -2.66. The fraction of sp³-hybridized carbons (Fsp3) is 0.250. The number of hydrogen-bond donors (Lipinski definition) is 3. The largest absolute Gasteiger partial charge is 0.489 e. The molecule has 1 amide bonds. The lowest BCUT2D eigenvalue weighted by molar-refractivity contribution is -0.144. The number of carbonyl (C=O) groups excluding carboxylic acids is 1. The molecule has 1 aliphatic carbocycles. The number of rotatable bonds is 10. The Bertz CT molecular complexity index is 1710. The molecule has 12 heteroatoms. The van der Waals surface area contributed by atoms with Crippen molar-refractivity contribution in [2.24, 2.45) is 5.41 Å². The number of likely N-dealkylation sites (tertiary alicyclic amines) is 1. The van der Waals surface area contributed by atoms with Crippen LogP contribution in [0.3, 0.4) is 0 Å². The number of anilines is 2. The summed E-state index contributed by atoms with van der Waals surface area (Å²) in [7, 11) is 0. The van der Waals surface area contributed by atoms with Gasteiger partial charge in [0.2, 0.25) is 5.91 Å². The van der Waals surface area contributed by atoms with Crippen molar-refractivity contribution in [3.05, 3.63) is 102 Å². The number of amides is 1. The van der Waals surface area contributed by atoms with Crippen molar-refractivity contribution >= 4 is 23.3 Å². The van der Waals surface area contributed by atoms with Gasteiger partial charge < -0.3 is 25.4 Å². The molecule has 0 bridgehead atoms. The van der Waals surface area contributed by atoms with Gasteiger partial charge in [-0.2, -0.15) is 0 Å². The first-order valence-corrected chi connectivity index (χ1v) is 14.1. The number of nitrogens with two attached hydrogens (primary N) is 1. The summed E-state index contributed by atoms with van der Waals surface area (Å²) in [4.78, 5) is 30.4. The first kappa shape index (κ1) is 28.7. The smallest absolute Gasteiger partial charge is 0.245 e. The van der Waals surface area contributed by atoms with Crippen molar-refractivity contribution < 1.29 is 18.7 Å². The molecule has 4 N–H and O–H groups in total. The molecule has 1 saturated carbocycles. The second-order valence-corrected chi connectivity index (χ2v) is 11.2. The van der Waals surface area contributed by atoms with E-state index in [4.69, 9.17) is 20.6 Å². The Morgan fingerprint density at radius 3 is 2.52 bits per heavy atom. The number of aryl methyl sites for hydroxylation is 1. The molecule has 1 spiro atoms. The van der Waals surface area contributed by atoms with Gasteiger partial charge in [-0.3, -0.25) is 10.2 Å². The van der Waals surface area contributed by atoms with Crippen molar-refractivity contribution in [2.75, 3.05) is 24.1 Å². The van der Waals surface area contributed by atoms with Crippen LogP contribution in [0.5, 0.6) is 17.2 Å². The van der Waals surface area contributed by atoms with E-state index in [1.807, 2.05) is 0 Å². The summed E-state index contributed by atoms with van der Waals surface area (Å²) >= 11 is 0. The highest BCUT2D eigenvalue weighted by Gasteiger charge is 2.53. The lowest BCUT2D eigenvalue weighted by Gasteiger charge is -2.59. The van der Waals surface area contributed by atoms with Crippen molar-refractivity contribution in [2.45, 2.75) is 32.4 Å². The normalized spacial score (nSPS) is 15.2. The molecule has 6 rings (SSSR count). The summed E-state index contributed by atoms with van der Waals surface area (Å²) in [6.07, 6.45) is 7.82. The second kappa shape index (κ2) is 11.7. The fourth-order valence-corrected chi connectivity index (χ4v) is 5.65. The average molecular weight is 595 g/mol. The van der Waals surface area contributed by atoms with E-state index in [2.05, 4.69) is 31.8 Å². The van der Waals surface area contributed by atoms with Gasteiger partial charge in [0.1, 0.15) is 53.5 Å². The zero-order valence-electron chi connectivity index (χ0n) is 24.1. The van der Waals surface area contributed by atoms with Gasteiger partial charge >= 0.3 is 0 Å². The van der Waals surface area contributed by atoms with Gasteiger partial charge in [0.05, 0.1) is 11.3 Å². The number of aromatic nitrogens is 4. The molecule has 0 radical (unpaired) electrons. The monoisotopic (exact) mass is 594 g/mol. The maximum absolute atomic E-state index is 14.3. The lowest BCUT2D eigenvalue weighted by atomic mass is 9.60. The van der Waals surface area contributed by atoms with Gasteiger partial charge in [0, 0.05) is 66.3 Å². The summed E-state index contributed by atoms with van der Waals surface area (Å²) < 4.78 is 25.9. The van der Waals surface area contributed by atoms with Crippen LogP contribution in [-0.4, -0.2) is 55.6 Å². The Balaban J connectivity index is 1.09. The van der Waals surface area contributed by atoms with Gasteiger partial charge in [0.15, 0.2) is 0 Å². The van der Waals surface area contributed by atoms with Crippen molar-refractivity contribution in [1.82, 2.24) is 24.8 Å². The van der Waals surface area contributed by atoms with Gasteiger partial charge in [-0.05, 0) is 50.1 Å². The quantitative estimate of drug-likeness (QED) is 0.176. The molecule has 1 saturated heterocycles. The fourth-order valence-electron chi connectivity index (χ4n) is 5.65. The highest BCUT2D eigenvalue weighted by atomic mass is 19.1. The topological polar surface area (TPSA) is 152 Å². The zero-order valence-corrected chi connectivity index (χ0v) is 24.1. The summed E-state index contributed by atoms with van der Waals surface area (Å²) in [6, 6.07) is 11.1. The second-order valence-electron chi connectivity index (χ2n) is 11.2. The third-order valence-electron chi connectivity index (χ3n) is 7.83. The molecule has 0 atom stereocenters. The number of carbonyl (C=O) groups is 1. The number of hydrogen-bond acceptors (Lipinski definition) is 10. The summed E-state index contributed by atoms with van der Waals surface area (Å²) in [6.45, 7) is 6.98. The minimum absolute atomic E-state index is 0.0396. The van der Waals surface area contributed by atoms with Crippen molar-refractivity contribution in [3.63, 3.8) is 0 Å². The molecule has 44 heavy (non-hydrogen) atoms. The molecule has 3 heterocycles. The first-order chi connectivity index (χ1) is 21.2. The molecule has 0 unspecified atom stereocenters. The molecule has 2 aromatic heterocycles. The van der Waals surface area contributed by atoms with E-state index in [-0.39, 0.29) is 41.2 Å². The third-order valence-corrected chi connectivity index (χ3v) is 7.83. The van der Waals surface area contributed by atoms with Crippen molar-refractivity contribution in [1.29, 1.82) is 5.41 Å². The highest BCUT2D eigenvalue weighted by Crippen LogP contribution is 2.49. The van der Waals surface area contributed by atoms with Crippen LogP contribution in [0.1, 0.15) is 35.4 Å². The number of nitrogens with one attached hydrogen (secondary N) is 2. The van der Waals surface area contributed by atoms with Crippen LogP contribution in [0.15, 0.2) is 73.8 Å². The van der Waals surface area contributed by atoms with Crippen LogP contribution < -0.4 is 20.5 Å². The van der Waals surface area contributed by atoms with E-state index < -0.39 is 5.82 Å². The van der Waals surface area contributed by atoms with Crippen LogP contribution in [0.25, 0.3) is 0 Å². The zero-order chi connectivity index (χ0) is 30.8. The Labute approximate surface area is 253 Å². The maximum atomic E-state index is 14.3. The Morgan fingerprint density at radius 1 is 1.11 bits per heavy atom. The van der Waals surface area contributed by atoms with Crippen LogP contribution in [0.2, 0.25) is 0 Å². The average Bonchev–Trinajstić information content (AvgIpc) is 2.97. The predicted octanol–water partition coefficient (Wildman–Crippen LogP) is 4.67. The van der Waals surface area contributed by atoms with Gasteiger partial charge in [-0.25, -0.2) is 24.3 Å². The van der Waals surface area contributed by atoms with E-state index in [0.717, 1.165) is 31.5 Å². The Hall–Kier alpha value is -5.39. The van der Waals surface area contributed by atoms with E-state index in [1.165, 1.54) is 24.5 Å². The predicted molar refractivity (Wildman–Crippen MR) is 162 cm³/mol. The van der Waals surface area contributed by atoms with Crippen LogP contribution in [0, 0.1) is 23.6 Å². The highest BCUT2D eigenvalue weighted by molar-refractivity contribution is 6.16. The number of ether oxygens (including phenoxy) is 2. The number of halogens is 1. The standard InChI is InChI=1S/C32H31FN8O3/c1-3-27(42)41-16-32(17-41)11-23(12-32)40-31-28(30(35)38-18-39-31)29(34)21-4-6-24(7-5-21)44-26-9-22(33)8-25(10-26)43-15-20-13-36-19(2)37-14-20/h3-10,13-14,18,23,34H,1,11-12,15-17H2,2H3,(H3,35,38,39,40). The minimum atomic E-state index is -0.507. The molecule has 4 aromatic rings. The van der Waals surface area contributed by atoms with Gasteiger partial charge in [0.25, 0.3) is 0 Å². The third kappa shape index (κ3) is 6.05. The van der Waals surface area contributed by atoms with E-state index in [9.17, 15) is 9.18 Å². The SMILES string of the molecule is C=CC(=O)N1CC2(CC(Nc3ncnc(N)c3C(=N)c3ccc(Oc4cc(F)cc(OCc5cnc(C)nc5)c4)cc3)C2)C1. The molecule has 2 aromatic carbocycles. The molecule has 11 nitrogen and oxygen atoms in total. The summed E-state index contributed by atoms with van der Waals surface area (Å²) in [5, 5.41) is 12.3. The van der Waals surface area contributed by atoms with E-state index >= 15 is 0 Å². The van der Waals surface area contributed by atoms with Crippen LogP contribution in [-0.2, 0) is 11.4 Å². The van der Waals surface area contributed by atoms with Crippen LogP contribution >= 0.6 is 0 Å². The molecular formula is C32H31FN8O3. The van der Waals surface area contributed by atoms with Gasteiger partial charge in [-0.15, -0.1) is 0 Å². The number of nitrogen functional groups attached to an aromatic ring is 1. The first-order valence-electron chi connectivity index (χ1n) is 14.1. The summed E-state index contributed by atoms with van der Waals surface area (Å²) in [5.41, 5.74) is 8.24. The molecule has 2 fully saturated rings. The Kier molecular flexibility index (Phi) is 7.64. The maximum Gasteiger partial charge on any atom is 0.245 e.